The summed E-state index contributed by atoms with van der Waals surface area (Å²) < 4.78 is 205. The summed E-state index contributed by atoms with van der Waals surface area (Å²) in [6.07, 6.45) is -5.08. The van der Waals surface area contributed by atoms with Crippen LogP contribution in [0.25, 0.3) is 0 Å². The number of aromatic nitrogens is 20. The van der Waals surface area contributed by atoms with Crippen LogP contribution in [-0.2, 0) is 113 Å². The molecule has 0 N–H and O–H groups in total. The average Bonchev–Trinajstić information content (AvgIpc) is 0.850. The quantitative estimate of drug-likeness (QED) is 0.0360. The fourth-order valence-electron chi connectivity index (χ4n) is 18.4. The lowest BCUT2D eigenvalue weighted by molar-refractivity contribution is -0.129. The molecule has 5 aromatic carbocycles. The third-order valence-electron chi connectivity index (χ3n) is 26.8. The Hall–Kier alpha value is -12.6. The number of para-hydroxylation sites is 5. The predicted octanol–water partition coefficient (Wildman–Crippen LogP) is 6.71. The van der Waals surface area contributed by atoms with Crippen LogP contribution in [-0.4, -0.2) is 315 Å². The number of anilines is 5. The van der Waals surface area contributed by atoms with Crippen molar-refractivity contribution < 1.29 is 76.4 Å². The number of piperidine rings is 5. The number of tetrazole rings is 5. The third kappa shape index (κ3) is 27.6. The number of benzene rings is 5. The van der Waals surface area contributed by atoms with E-state index in [-0.39, 0.29) is 66.5 Å². The number of methoxy groups -OCH3 is 5. The second-order valence-electron chi connectivity index (χ2n) is 34.9. The third-order valence-corrected chi connectivity index (χ3v) is 26.8. The molecule has 45 heteroatoms. The Balaban J connectivity index is 0.000000194. The van der Waals surface area contributed by atoms with Gasteiger partial charge in [-0.3, -0.25) is 48.5 Å². The van der Waals surface area contributed by atoms with Crippen molar-refractivity contribution in [1.29, 1.82) is 0 Å². The summed E-state index contributed by atoms with van der Waals surface area (Å²) in [5, 5.41) is 38.4. The molecule has 790 valence electrons. The van der Waals surface area contributed by atoms with Crippen molar-refractivity contribution in [1.82, 2.24) is 123 Å². The zero-order valence-corrected chi connectivity index (χ0v) is 84.1. The zero-order chi connectivity index (χ0) is 122. The van der Waals surface area contributed by atoms with Crippen molar-refractivity contribution in [3.05, 3.63) is 204 Å². The Morgan fingerprint density at radius 1 is 0.262 bits per heavy atom. The summed E-state index contributed by atoms with van der Waals surface area (Å²) in [4.78, 5) is 144. The standard InChI is InChI=1S/5C20H30N6O3/c5*1-4-18(27)26(17-9-7-6-8-10-17)20(29-3)11-13-23(14-12-20)15-16-25-19(28)24(5-2)21-22-25/h5*6-10H,4-5,11-16H2,1-3H3/i3D3,4D2;1D3,4D2;1D3,3D3;4D2;3D3. The van der Waals surface area contributed by atoms with E-state index in [1.165, 1.54) is 75.6 Å². The van der Waals surface area contributed by atoms with E-state index in [1.807, 2.05) is 67.0 Å². The van der Waals surface area contributed by atoms with E-state index >= 15 is 0 Å². The molecule has 10 aromatic rings. The van der Waals surface area contributed by atoms with Crippen molar-refractivity contribution in [3.63, 3.8) is 0 Å². The molecule has 0 spiro atoms. The van der Waals surface area contributed by atoms with Gasteiger partial charge in [0.15, 0.2) is 0 Å². The summed E-state index contributed by atoms with van der Waals surface area (Å²) in [5.74, 6) is -3.61. The minimum atomic E-state index is -3.14. The van der Waals surface area contributed by atoms with Gasteiger partial charge in [-0.15, -0.1) is 0 Å². The molecule has 5 saturated heterocycles. The molecule has 0 bridgehead atoms. The van der Waals surface area contributed by atoms with E-state index in [0.29, 0.717) is 231 Å². The van der Waals surface area contributed by atoms with Crippen LogP contribution in [0.5, 0.6) is 0 Å². The molecule has 15 rings (SSSR count). The van der Waals surface area contributed by atoms with Crippen molar-refractivity contribution in [3.8, 4) is 0 Å². The number of carbonyl (C=O) groups is 5. The van der Waals surface area contributed by atoms with Crippen molar-refractivity contribution in [2.24, 2.45) is 0 Å². The van der Waals surface area contributed by atoms with Crippen LogP contribution in [0.2, 0.25) is 0 Å². The van der Waals surface area contributed by atoms with Gasteiger partial charge in [0.2, 0.25) is 29.5 Å². The second-order valence-corrected chi connectivity index (χ2v) is 34.9. The van der Waals surface area contributed by atoms with Crippen molar-refractivity contribution in [2.75, 3.05) is 158 Å². The van der Waals surface area contributed by atoms with Crippen LogP contribution in [0.1, 0.15) is 194 Å². The Kier molecular flexibility index (Phi) is 32.2. The molecular formula is C100H150N30O15. The largest absolute Gasteiger partial charge is 0.363 e. The minimum Gasteiger partial charge on any atom is -0.358 e. The molecule has 0 saturated carbocycles. The monoisotopic (exact) mass is 2030 g/mol. The number of hydrogen-bond donors (Lipinski definition) is 0. The maximum atomic E-state index is 13.4. The van der Waals surface area contributed by atoms with Gasteiger partial charge in [0.25, 0.3) is 0 Å². The highest BCUT2D eigenvalue weighted by atomic mass is 16.5. The zero-order valence-electron chi connectivity index (χ0n) is 105. The number of amides is 5. The van der Waals surface area contributed by atoms with E-state index in [1.54, 1.807) is 143 Å². The van der Waals surface area contributed by atoms with Gasteiger partial charge in [-0.1, -0.05) is 125 Å². The number of likely N-dealkylation sites (tertiary alicyclic amines) is 5. The molecule has 5 fully saturated rings. The molecule has 10 heterocycles. The molecule has 5 amide bonds. The molecular weight excluding hydrogens is 1860 g/mol. The number of rotatable bonds is 40. The SMILES string of the molecule is [2H]C([2H])(C)C(=O)N(c1ccccc1)C1(OC)CCN(CCn2nnn(CC)c2=O)CC1.[2H]C([2H])([2H])C([2H])([2H])C(=O)N(c1ccccc1)C1(OC)CCN(CCn2nnn(CC)c2=O)CC1.[2H]C([2H])([2H])CC(=O)N(c1ccccc1)C1(OC([2H])([2H])[2H])CCN(CCn2nnn(CC)c2=O)CC1.[2H]C([2H])([2H])OC1(N(C(=O)C([2H])([2H])C)c2ccccc2)CCN(CCn2nnn(CC)c2=O)CC1.[2H]C([2H])([2H])OC1(N(C(=O)CC)c2ccccc2)CCN(CCn2nnn(CC)c2=O)CC1. The summed E-state index contributed by atoms with van der Waals surface area (Å²) in [7, 11) is -5.28. The van der Waals surface area contributed by atoms with Gasteiger partial charge in [-0.05, 0) is 147 Å². The number of carbonyl (C=O) groups excluding carboxylic acids is 5. The highest BCUT2D eigenvalue weighted by Gasteiger charge is 2.49. The molecule has 5 aliphatic rings. The maximum absolute atomic E-state index is 13.4. The highest BCUT2D eigenvalue weighted by Crippen LogP contribution is 2.41. The smallest absolute Gasteiger partial charge is 0.358 e. The molecule has 5 aromatic heterocycles. The van der Waals surface area contributed by atoms with Crippen LogP contribution in [0, 0.1) is 0 Å². The first kappa shape index (κ1) is 85.6. The highest BCUT2D eigenvalue weighted by molar-refractivity contribution is 5.97. The molecule has 0 atom stereocenters. The van der Waals surface area contributed by atoms with Gasteiger partial charge in [0, 0.05) is 307 Å². The average molecular weight is 2030 g/mol. The molecule has 45 nitrogen and oxygen atoms in total. The van der Waals surface area contributed by atoms with Gasteiger partial charge in [-0.2, -0.15) is 46.8 Å². The maximum Gasteiger partial charge on any atom is 0.363 e. The van der Waals surface area contributed by atoms with Gasteiger partial charge >= 0.3 is 28.4 Å². The Morgan fingerprint density at radius 3 is 0.614 bits per heavy atom. The van der Waals surface area contributed by atoms with Crippen LogP contribution in [0.15, 0.2) is 176 Å². The molecule has 145 heavy (non-hydrogen) atoms. The minimum absolute atomic E-state index is 0.129. The van der Waals surface area contributed by atoms with Gasteiger partial charge in [0.1, 0.15) is 28.6 Å². The molecule has 0 unspecified atom stereocenters. The molecule has 5 aliphatic heterocycles. The first-order chi connectivity index (χ1) is 78.1. The Morgan fingerprint density at radius 2 is 0.448 bits per heavy atom. The van der Waals surface area contributed by atoms with Crippen molar-refractivity contribution in [2.45, 2.75) is 259 Å². The van der Waals surface area contributed by atoms with Crippen LogP contribution < -0.4 is 52.9 Å². The fraction of sp³-hybridized carbons (Fsp3) is 0.600. The lowest BCUT2D eigenvalue weighted by Crippen LogP contribution is -2.59. The topological polar surface area (TPSA) is 427 Å². The predicted molar refractivity (Wildman–Crippen MR) is 548 cm³/mol. The van der Waals surface area contributed by atoms with E-state index < -0.39 is 113 Å². The summed E-state index contributed by atoms with van der Waals surface area (Å²) in [6, 6.07) is 43.3. The fourth-order valence-corrected chi connectivity index (χ4v) is 18.4. The van der Waals surface area contributed by atoms with E-state index in [4.69, 9.17) is 52.5 Å². The van der Waals surface area contributed by atoms with Crippen LogP contribution in [0.3, 0.4) is 0 Å². The van der Waals surface area contributed by atoms with Gasteiger partial charge in [-0.25, -0.2) is 24.0 Å². The Bertz CT molecular complexity index is 6830. The van der Waals surface area contributed by atoms with E-state index in [9.17, 15) is 47.9 Å². The number of aryl methyl sites for hydroxylation is 5. The number of hydrogen-bond acceptors (Lipinski definition) is 30. The van der Waals surface area contributed by atoms with Gasteiger partial charge < -0.3 is 48.2 Å². The van der Waals surface area contributed by atoms with Gasteiger partial charge in [0.05, 0.1) is 45.1 Å². The number of nitrogens with zero attached hydrogens (tertiary/aromatic N) is 30. The molecule has 0 aliphatic carbocycles. The summed E-state index contributed by atoms with van der Waals surface area (Å²) in [5.41, 5.74) is -5.64. The van der Waals surface area contributed by atoms with Crippen LogP contribution in [0.4, 0.5) is 28.4 Å². The first-order valence-electron chi connectivity index (χ1n) is 59.4. The van der Waals surface area contributed by atoms with E-state index in [2.05, 4.69) is 66.8 Å². The summed E-state index contributed by atoms with van der Waals surface area (Å²) in [6.45, 7) is 18.9. The normalized spacial score (nSPS) is 19.5. The van der Waals surface area contributed by atoms with Crippen LogP contribution >= 0.6 is 0 Å². The summed E-state index contributed by atoms with van der Waals surface area (Å²) >= 11 is 0. The Labute approximate surface area is 876 Å². The second kappa shape index (κ2) is 54.5. The van der Waals surface area contributed by atoms with E-state index in [0.717, 1.165) is 16.7 Å². The lowest BCUT2D eigenvalue weighted by atomic mass is 9.96. The van der Waals surface area contributed by atoms with Crippen molar-refractivity contribution >= 4 is 58.0 Å². The first-order valence-corrected chi connectivity index (χ1v) is 48.9. The number of ether oxygens (including phenoxy) is 5. The molecule has 0 radical (unpaired) electrons. The lowest BCUT2D eigenvalue weighted by Gasteiger charge is -2.47.